The fourth-order valence-electron chi connectivity index (χ4n) is 3.23. The molecule has 3 fully saturated rings. The molecule has 3 aliphatic heterocycles. The second-order valence-electron chi connectivity index (χ2n) is 7.52. The first-order valence-electron chi connectivity index (χ1n) is 9.93. The van der Waals surface area contributed by atoms with Crippen LogP contribution < -0.4 is 5.73 Å². The second kappa shape index (κ2) is 12.6. The number of hydrogen-bond donors (Lipinski definition) is 3. The van der Waals surface area contributed by atoms with Gasteiger partial charge in [0.1, 0.15) is 12.1 Å². The number of esters is 1. The number of nitrogens with zero attached hydrogens (tertiary/aromatic N) is 1. The summed E-state index contributed by atoms with van der Waals surface area (Å²) >= 11 is 0. The van der Waals surface area contributed by atoms with Crippen LogP contribution in [0.3, 0.4) is 0 Å². The van der Waals surface area contributed by atoms with E-state index in [2.05, 4.69) is 4.90 Å². The molecule has 0 aliphatic carbocycles. The fraction of sp³-hybridized carbons (Fsp3) is 0.550. The minimum Gasteiger partial charge on any atom is -0.475 e. The summed E-state index contributed by atoms with van der Waals surface area (Å²) in [6.07, 6.45) is -7.29. The number of aliphatic carboxylic acids is 2. The van der Waals surface area contributed by atoms with Crippen molar-refractivity contribution in [3.8, 4) is 0 Å². The zero-order valence-corrected chi connectivity index (χ0v) is 17.7. The van der Waals surface area contributed by atoms with Crippen molar-refractivity contribution >= 4 is 17.9 Å². The van der Waals surface area contributed by atoms with E-state index in [0.29, 0.717) is 12.3 Å². The van der Waals surface area contributed by atoms with E-state index in [1.807, 2.05) is 30.3 Å². The molecule has 34 heavy (non-hydrogen) atoms. The lowest BCUT2D eigenvalue weighted by molar-refractivity contribution is -0.193. The number of carbonyl (C=O) groups is 3. The van der Waals surface area contributed by atoms with Gasteiger partial charge in [0.2, 0.25) is 0 Å². The summed E-state index contributed by atoms with van der Waals surface area (Å²) in [6, 6.07) is 9.29. The Morgan fingerprint density at radius 3 is 1.76 bits per heavy atom. The monoisotopic (exact) mass is 502 g/mol. The van der Waals surface area contributed by atoms with Gasteiger partial charge in [-0.3, -0.25) is 9.69 Å². The molecule has 3 heterocycles. The van der Waals surface area contributed by atoms with E-state index >= 15 is 0 Å². The Morgan fingerprint density at radius 2 is 1.41 bits per heavy atom. The van der Waals surface area contributed by atoms with Crippen LogP contribution in [0.5, 0.6) is 0 Å². The number of hydrogen-bond acceptors (Lipinski definition) is 6. The summed E-state index contributed by atoms with van der Waals surface area (Å²) in [6.45, 7) is 3.18. The van der Waals surface area contributed by atoms with Gasteiger partial charge in [-0.2, -0.15) is 26.3 Å². The number of piperidine rings is 3. The van der Waals surface area contributed by atoms with Gasteiger partial charge in [-0.15, -0.1) is 0 Å². The molecule has 2 bridgehead atoms. The third kappa shape index (κ3) is 10.4. The lowest BCUT2D eigenvalue weighted by Crippen LogP contribution is -2.53. The number of rotatable bonds is 4. The minimum atomic E-state index is -5.08. The third-order valence-corrected chi connectivity index (χ3v) is 4.95. The van der Waals surface area contributed by atoms with Crippen molar-refractivity contribution in [2.45, 2.75) is 43.8 Å². The van der Waals surface area contributed by atoms with Crippen LogP contribution in [0.25, 0.3) is 0 Å². The van der Waals surface area contributed by atoms with E-state index in [1.54, 1.807) is 0 Å². The Balaban J connectivity index is 0.000000343. The van der Waals surface area contributed by atoms with Gasteiger partial charge in [0, 0.05) is 6.54 Å². The molecule has 0 unspecified atom stereocenters. The maximum Gasteiger partial charge on any atom is 0.490 e. The fourth-order valence-corrected chi connectivity index (χ4v) is 3.23. The molecular formula is C20H24F6N2O6. The van der Waals surface area contributed by atoms with Gasteiger partial charge in [0.25, 0.3) is 0 Å². The molecule has 1 aromatic carbocycles. The summed E-state index contributed by atoms with van der Waals surface area (Å²) in [5, 5.41) is 14.2. The molecule has 192 valence electrons. The highest BCUT2D eigenvalue weighted by Gasteiger charge is 2.39. The van der Waals surface area contributed by atoms with Gasteiger partial charge >= 0.3 is 30.3 Å². The predicted octanol–water partition coefficient (Wildman–Crippen LogP) is 2.46. The lowest BCUT2D eigenvalue weighted by Gasteiger charge is -2.44. The molecular weight excluding hydrogens is 478 g/mol. The molecule has 14 heteroatoms. The zero-order valence-electron chi connectivity index (χ0n) is 17.7. The lowest BCUT2D eigenvalue weighted by atomic mass is 9.86. The van der Waals surface area contributed by atoms with Crippen molar-refractivity contribution in [2.24, 2.45) is 11.7 Å². The third-order valence-electron chi connectivity index (χ3n) is 4.95. The molecule has 0 radical (unpaired) electrons. The van der Waals surface area contributed by atoms with Gasteiger partial charge in [0.15, 0.2) is 0 Å². The number of benzene rings is 1. The normalized spacial score (nSPS) is 22.3. The minimum absolute atomic E-state index is 0.0480. The first-order valence-corrected chi connectivity index (χ1v) is 9.93. The standard InChI is InChI=1S/C16H22N2O2.2C2HF3O2/c17-14(10-12-4-2-1-3-5-12)16(19)20-15-11-18-8-6-13(15)7-9-18;2*3-2(4,5)1(6)7/h1-5,13-15H,6-11,17H2;2*(H,6,7)/t14-,15-;;/m0../s1. The molecule has 3 aliphatic rings. The highest BCUT2D eigenvalue weighted by Crippen LogP contribution is 2.29. The van der Waals surface area contributed by atoms with Crippen LogP contribution in [0.1, 0.15) is 18.4 Å². The molecule has 0 amide bonds. The number of carboxylic acids is 2. The van der Waals surface area contributed by atoms with Crippen molar-refractivity contribution in [1.82, 2.24) is 4.90 Å². The van der Waals surface area contributed by atoms with Crippen LogP contribution in [0.15, 0.2) is 30.3 Å². The van der Waals surface area contributed by atoms with E-state index in [1.165, 1.54) is 0 Å². The Morgan fingerprint density at radius 1 is 0.971 bits per heavy atom. The first-order chi connectivity index (χ1) is 15.6. The largest absolute Gasteiger partial charge is 0.490 e. The number of ether oxygens (including phenoxy) is 1. The Hall–Kier alpha value is -2.87. The van der Waals surface area contributed by atoms with Crippen molar-refractivity contribution in [2.75, 3.05) is 19.6 Å². The van der Waals surface area contributed by atoms with Gasteiger partial charge < -0.3 is 20.7 Å². The van der Waals surface area contributed by atoms with E-state index in [-0.39, 0.29) is 12.1 Å². The van der Waals surface area contributed by atoms with E-state index in [9.17, 15) is 31.1 Å². The zero-order chi connectivity index (χ0) is 26.1. The van der Waals surface area contributed by atoms with Gasteiger partial charge in [0.05, 0.1) is 0 Å². The summed E-state index contributed by atoms with van der Waals surface area (Å²) in [5.41, 5.74) is 7.05. The number of alkyl halides is 6. The molecule has 1 aromatic rings. The molecule has 8 nitrogen and oxygen atoms in total. The summed E-state index contributed by atoms with van der Waals surface area (Å²) in [4.78, 5) is 32.3. The van der Waals surface area contributed by atoms with Crippen LogP contribution in [0.2, 0.25) is 0 Å². The number of nitrogens with two attached hydrogens (primary N) is 1. The maximum absolute atomic E-state index is 12.1. The number of halogens is 6. The highest BCUT2D eigenvalue weighted by atomic mass is 19.4. The topological polar surface area (TPSA) is 130 Å². The number of carboxylic acid groups (broad SMARTS) is 2. The van der Waals surface area contributed by atoms with Gasteiger partial charge in [-0.25, -0.2) is 9.59 Å². The average Bonchev–Trinajstić information content (AvgIpc) is 2.75. The van der Waals surface area contributed by atoms with Crippen molar-refractivity contribution < 1.29 is 55.7 Å². The highest BCUT2D eigenvalue weighted by molar-refractivity contribution is 5.76. The van der Waals surface area contributed by atoms with E-state index < -0.39 is 30.3 Å². The number of carbonyl (C=O) groups excluding carboxylic acids is 1. The molecule has 3 saturated heterocycles. The molecule has 0 saturated carbocycles. The molecule has 4 N–H and O–H groups in total. The molecule has 4 rings (SSSR count). The summed E-state index contributed by atoms with van der Waals surface area (Å²) < 4.78 is 69.1. The SMILES string of the molecule is N[C@@H](Cc1ccccc1)C(=O)O[C@H]1CN2CCC1CC2.O=C(O)C(F)(F)F.O=C(O)C(F)(F)F. The van der Waals surface area contributed by atoms with Gasteiger partial charge in [-0.1, -0.05) is 30.3 Å². The Kier molecular flexibility index (Phi) is 10.8. The molecule has 2 atom stereocenters. The second-order valence-corrected chi connectivity index (χ2v) is 7.52. The van der Waals surface area contributed by atoms with Crippen molar-refractivity contribution in [3.05, 3.63) is 35.9 Å². The van der Waals surface area contributed by atoms with Crippen LogP contribution in [0, 0.1) is 5.92 Å². The van der Waals surface area contributed by atoms with Crippen LogP contribution in [0.4, 0.5) is 26.3 Å². The first kappa shape index (κ1) is 29.2. The van der Waals surface area contributed by atoms with Crippen LogP contribution in [-0.4, -0.2) is 77.2 Å². The smallest absolute Gasteiger partial charge is 0.475 e. The van der Waals surface area contributed by atoms with Gasteiger partial charge in [-0.05, 0) is 43.8 Å². The molecule has 0 aromatic heterocycles. The van der Waals surface area contributed by atoms with Crippen LogP contribution >= 0.6 is 0 Å². The van der Waals surface area contributed by atoms with E-state index in [0.717, 1.165) is 38.0 Å². The van der Waals surface area contributed by atoms with E-state index in [4.69, 9.17) is 30.3 Å². The summed E-state index contributed by atoms with van der Waals surface area (Å²) in [5.74, 6) is -5.24. The maximum atomic E-state index is 12.1. The predicted molar refractivity (Wildman–Crippen MR) is 105 cm³/mol. The Bertz CT molecular complexity index is 786. The van der Waals surface area contributed by atoms with Crippen molar-refractivity contribution in [1.29, 1.82) is 0 Å². The average molecular weight is 502 g/mol. The summed E-state index contributed by atoms with van der Waals surface area (Å²) in [7, 11) is 0. The quantitative estimate of drug-likeness (QED) is 0.423. The molecule has 0 spiro atoms. The Labute approximate surface area is 190 Å². The van der Waals surface area contributed by atoms with Crippen molar-refractivity contribution in [3.63, 3.8) is 0 Å². The van der Waals surface area contributed by atoms with Crippen LogP contribution in [-0.2, 0) is 25.5 Å². The number of fused-ring (bicyclic) bond motifs is 3.